The number of ether oxygens (including phenoxy) is 2. The summed E-state index contributed by atoms with van der Waals surface area (Å²) >= 11 is 3.71. The highest BCUT2D eigenvalue weighted by Crippen LogP contribution is 2.47. The second kappa shape index (κ2) is 9.18. The third-order valence-corrected chi connectivity index (χ3v) is 7.36. The Labute approximate surface area is 208 Å². The fraction of sp³-hybridized carbons (Fsp3) is 0.250. The average molecular weight is 519 g/mol. The van der Waals surface area contributed by atoms with E-state index in [0.29, 0.717) is 17.9 Å². The largest absolute Gasteiger partial charge is 0.493 e. The Morgan fingerprint density at radius 3 is 2.29 bits per heavy atom. The number of carbonyl (C=O) groups excluding carboxylic acids is 1. The van der Waals surface area contributed by atoms with Gasteiger partial charge < -0.3 is 20.1 Å². The maximum Gasteiger partial charge on any atom is 0.163 e. The SMILES string of the molecule is COc1cc(Br)c([C@H]2Nc3ccccc3NC3=C2C(=O)C[C@H](c2ccc(C)cc2)C3)cc1OC. The Hall–Kier alpha value is -3.25. The molecule has 0 aromatic heterocycles. The van der Waals surface area contributed by atoms with Crippen LogP contribution < -0.4 is 20.1 Å². The van der Waals surface area contributed by atoms with Gasteiger partial charge in [0.05, 0.1) is 31.6 Å². The molecule has 0 unspecified atom stereocenters. The minimum Gasteiger partial charge on any atom is -0.493 e. The van der Waals surface area contributed by atoms with Crippen molar-refractivity contribution in [3.05, 3.63) is 93.1 Å². The highest BCUT2D eigenvalue weighted by atomic mass is 79.9. The molecule has 2 aliphatic rings. The van der Waals surface area contributed by atoms with E-state index in [1.54, 1.807) is 14.2 Å². The maximum absolute atomic E-state index is 13.7. The van der Waals surface area contributed by atoms with Crippen LogP contribution in [-0.2, 0) is 4.79 Å². The van der Waals surface area contributed by atoms with Gasteiger partial charge in [0.2, 0.25) is 0 Å². The van der Waals surface area contributed by atoms with Crippen molar-refractivity contribution >= 4 is 33.1 Å². The molecule has 2 atom stereocenters. The van der Waals surface area contributed by atoms with Crippen molar-refractivity contribution in [3.8, 4) is 11.5 Å². The van der Waals surface area contributed by atoms with E-state index in [9.17, 15) is 4.79 Å². The van der Waals surface area contributed by atoms with Crippen molar-refractivity contribution < 1.29 is 14.3 Å². The van der Waals surface area contributed by atoms with Gasteiger partial charge in [-0.15, -0.1) is 0 Å². The monoisotopic (exact) mass is 518 g/mol. The fourth-order valence-electron chi connectivity index (χ4n) is 4.89. The lowest BCUT2D eigenvalue weighted by Gasteiger charge is -2.30. The maximum atomic E-state index is 13.7. The molecular formula is C28H27BrN2O3. The minimum absolute atomic E-state index is 0.138. The summed E-state index contributed by atoms with van der Waals surface area (Å²) in [7, 11) is 3.24. The first-order valence-corrected chi connectivity index (χ1v) is 12.1. The summed E-state index contributed by atoms with van der Waals surface area (Å²) in [5.74, 6) is 1.54. The second-order valence-corrected chi connectivity index (χ2v) is 9.66. The molecule has 5 nitrogen and oxygen atoms in total. The highest BCUT2D eigenvalue weighted by molar-refractivity contribution is 9.10. The number of benzene rings is 3. The van der Waals surface area contributed by atoms with Crippen molar-refractivity contribution in [2.75, 3.05) is 24.9 Å². The number of Topliss-reactive ketones (excluding diaryl/α,β-unsaturated/α-hetero) is 1. The summed E-state index contributed by atoms with van der Waals surface area (Å²) in [4.78, 5) is 13.7. The topological polar surface area (TPSA) is 59.6 Å². The summed E-state index contributed by atoms with van der Waals surface area (Å²) in [5.41, 5.74) is 6.98. The van der Waals surface area contributed by atoms with E-state index >= 15 is 0 Å². The van der Waals surface area contributed by atoms with Crippen LogP contribution in [0.3, 0.4) is 0 Å². The number of fused-ring (bicyclic) bond motifs is 1. The molecule has 174 valence electrons. The van der Waals surface area contributed by atoms with Crippen LogP contribution in [0.4, 0.5) is 11.4 Å². The van der Waals surface area contributed by atoms with Gasteiger partial charge in [-0.05, 0) is 54.7 Å². The molecule has 0 saturated heterocycles. The minimum atomic E-state index is -0.341. The number of allylic oxidation sites excluding steroid dienone is 1. The summed E-state index contributed by atoms with van der Waals surface area (Å²) in [5, 5.41) is 7.23. The van der Waals surface area contributed by atoms with Gasteiger partial charge in [-0.25, -0.2) is 0 Å². The molecule has 0 bridgehead atoms. The molecule has 0 fully saturated rings. The van der Waals surface area contributed by atoms with Crippen LogP contribution in [-0.4, -0.2) is 20.0 Å². The lowest BCUT2D eigenvalue weighted by Crippen LogP contribution is -2.27. The molecule has 0 amide bonds. The number of hydrogen-bond donors (Lipinski definition) is 2. The van der Waals surface area contributed by atoms with E-state index in [-0.39, 0.29) is 17.7 Å². The van der Waals surface area contributed by atoms with Crippen LogP contribution in [0.5, 0.6) is 11.5 Å². The first kappa shape index (κ1) is 22.5. The van der Waals surface area contributed by atoms with Gasteiger partial charge in [0, 0.05) is 22.2 Å². The molecule has 1 aliphatic heterocycles. The highest BCUT2D eigenvalue weighted by Gasteiger charge is 2.37. The summed E-state index contributed by atoms with van der Waals surface area (Å²) < 4.78 is 11.9. The van der Waals surface area contributed by atoms with Crippen LogP contribution in [0.15, 0.2) is 76.4 Å². The van der Waals surface area contributed by atoms with Crippen molar-refractivity contribution in [2.45, 2.75) is 31.7 Å². The van der Waals surface area contributed by atoms with Gasteiger partial charge in [0.25, 0.3) is 0 Å². The molecule has 6 heteroatoms. The second-order valence-electron chi connectivity index (χ2n) is 8.81. The van der Waals surface area contributed by atoms with E-state index in [1.165, 1.54) is 11.1 Å². The predicted molar refractivity (Wildman–Crippen MR) is 139 cm³/mol. The average Bonchev–Trinajstić information content (AvgIpc) is 3.01. The van der Waals surface area contributed by atoms with Gasteiger partial charge in [0.1, 0.15) is 0 Å². The summed E-state index contributed by atoms with van der Waals surface area (Å²) in [6.07, 6.45) is 1.24. The fourth-order valence-corrected chi connectivity index (χ4v) is 5.44. The first-order valence-electron chi connectivity index (χ1n) is 11.3. The third kappa shape index (κ3) is 4.07. The molecule has 2 N–H and O–H groups in total. The van der Waals surface area contributed by atoms with E-state index in [4.69, 9.17) is 9.47 Å². The normalized spacial score (nSPS) is 19.4. The number of carbonyl (C=O) groups is 1. The molecule has 3 aromatic rings. The molecule has 0 saturated carbocycles. The van der Waals surface area contributed by atoms with E-state index in [2.05, 4.69) is 57.8 Å². The van der Waals surface area contributed by atoms with Gasteiger partial charge in [-0.1, -0.05) is 57.9 Å². The Bertz CT molecular complexity index is 1280. The number of nitrogens with one attached hydrogen (secondary N) is 2. The van der Waals surface area contributed by atoms with Gasteiger partial charge in [0.15, 0.2) is 17.3 Å². The lowest BCUT2D eigenvalue weighted by atomic mass is 9.78. The molecule has 5 rings (SSSR count). The Kier molecular flexibility index (Phi) is 6.09. The lowest BCUT2D eigenvalue weighted by molar-refractivity contribution is -0.116. The number of anilines is 2. The number of aryl methyl sites for hydroxylation is 1. The van der Waals surface area contributed by atoms with E-state index in [0.717, 1.165) is 39.1 Å². The molecule has 3 aromatic carbocycles. The van der Waals surface area contributed by atoms with Crippen LogP contribution >= 0.6 is 15.9 Å². The quantitative estimate of drug-likeness (QED) is 0.399. The number of para-hydroxylation sites is 2. The summed E-state index contributed by atoms with van der Waals surface area (Å²) in [6, 6.07) is 20.1. The van der Waals surface area contributed by atoms with E-state index in [1.807, 2.05) is 36.4 Å². The molecule has 1 heterocycles. The molecular weight excluding hydrogens is 492 g/mol. The van der Waals surface area contributed by atoms with Crippen molar-refractivity contribution in [3.63, 3.8) is 0 Å². The number of methoxy groups -OCH3 is 2. The van der Waals surface area contributed by atoms with Crippen LogP contribution in [0, 0.1) is 6.92 Å². The molecule has 0 radical (unpaired) electrons. The van der Waals surface area contributed by atoms with Crippen LogP contribution in [0.1, 0.15) is 41.5 Å². The van der Waals surface area contributed by atoms with Crippen LogP contribution in [0.2, 0.25) is 0 Å². The number of halogens is 1. The smallest absolute Gasteiger partial charge is 0.163 e. The third-order valence-electron chi connectivity index (χ3n) is 6.67. The van der Waals surface area contributed by atoms with Crippen LogP contribution in [0.25, 0.3) is 0 Å². The number of rotatable bonds is 4. The Morgan fingerprint density at radius 1 is 0.912 bits per heavy atom. The Morgan fingerprint density at radius 2 is 1.59 bits per heavy atom. The van der Waals surface area contributed by atoms with Crippen molar-refractivity contribution in [2.24, 2.45) is 0 Å². The van der Waals surface area contributed by atoms with Gasteiger partial charge in [-0.3, -0.25) is 4.79 Å². The molecule has 34 heavy (non-hydrogen) atoms. The van der Waals surface area contributed by atoms with Gasteiger partial charge in [-0.2, -0.15) is 0 Å². The van der Waals surface area contributed by atoms with Crippen molar-refractivity contribution in [1.29, 1.82) is 0 Å². The predicted octanol–water partition coefficient (Wildman–Crippen LogP) is 6.75. The Balaban J connectivity index is 1.64. The van der Waals surface area contributed by atoms with Gasteiger partial charge >= 0.3 is 0 Å². The number of ketones is 1. The zero-order chi connectivity index (χ0) is 23.8. The van der Waals surface area contributed by atoms with E-state index < -0.39 is 0 Å². The zero-order valence-electron chi connectivity index (χ0n) is 19.4. The molecule has 1 aliphatic carbocycles. The number of hydrogen-bond acceptors (Lipinski definition) is 5. The molecule has 0 spiro atoms. The van der Waals surface area contributed by atoms with Crippen molar-refractivity contribution in [1.82, 2.24) is 0 Å². The standard InChI is InChI=1S/C28H27BrN2O3/c1-16-8-10-17(11-9-16)18-12-23-27(24(32)13-18)28(31-22-7-5-4-6-21(22)30-23)19-14-25(33-2)26(34-3)15-20(19)29/h4-11,14-15,18,28,30-31H,12-13H2,1-3H3/t18-,28-/m1/s1. The summed E-state index contributed by atoms with van der Waals surface area (Å²) in [6.45, 7) is 2.08. The first-order chi connectivity index (χ1) is 16.5. The zero-order valence-corrected chi connectivity index (χ0v) is 21.0.